The lowest BCUT2D eigenvalue weighted by Gasteiger charge is -2.50. The Morgan fingerprint density at radius 2 is 2.16 bits per heavy atom. The highest BCUT2D eigenvalue weighted by atomic mass is 16.5. The maximum Gasteiger partial charge on any atom is 0.254 e. The van der Waals surface area contributed by atoms with Crippen LogP contribution in [0, 0.1) is 5.92 Å². The molecule has 2 heterocycles. The van der Waals surface area contributed by atoms with E-state index in [0.717, 1.165) is 6.42 Å². The van der Waals surface area contributed by atoms with E-state index < -0.39 is 0 Å². The number of phenols is 1. The number of likely N-dealkylation sites (N-methyl/N-ethyl adjacent to an activating group) is 1. The summed E-state index contributed by atoms with van der Waals surface area (Å²) in [5.74, 6) is 0.0764. The van der Waals surface area contributed by atoms with Gasteiger partial charge in [0.2, 0.25) is 5.91 Å². The number of hydrogen-bond donors (Lipinski definition) is 1. The van der Waals surface area contributed by atoms with Crippen LogP contribution in [-0.2, 0) is 14.3 Å². The Morgan fingerprint density at radius 1 is 1.40 bits per heavy atom. The molecule has 1 aromatic rings. The molecule has 0 unspecified atom stereocenters. The molecule has 1 atom stereocenters. The summed E-state index contributed by atoms with van der Waals surface area (Å²) in [6.45, 7) is 2.18. The lowest BCUT2D eigenvalue weighted by molar-refractivity contribution is -0.141. The van der Waals surface area contributed by atoms with Crippen LogP contribution in [0.1, 0.15) is 16.8 Å². The number of ether oxygens (including phenoxy) is 2. The average Bonchev–Trinajstić information content (AvgIpc) is 2.96. The Labute approximate surface area is 147 Å². The van der Waals surface area contributed by atoms with Crippen molar-refractivity contribution in [2.75, 3.05) is 47.0 Å². The van der Waals surface area contributed by atoms with E-state index in [9.17, 15) is 14.7 Å². The van der Waals surface area contributed by atoms with E-state index in [1.807, 2.05) is 0 Å². The van der Waals surface area contributed by atoms with Gasteiger partial charge in [-0.3, -0.25) is 9.59 Å². The van der Waals surface area contributed by atoms with Crippen LogP contribution in [0.3, 0.4) is 0 Å². The van der Waals surface area contributed by atoms with Crippen molar-refractivity contribution in [1.29, 1.82) is 0 Å². The molecule has 0 saturated carbocycles. The molecular formula is C18H24N2O5. The van der Waals surface area contributed by atoms with Crippen LogP contribution in [0.4, 0.5) is 0 Å². The predicted octanol–water partition coefficient (Wildman–Crippen LogP) is 0.728. The zero-order valence-electron chi connectivity index (χ0n) is 14.6. The standard InChI is InChI=1S/C18H24N2O5/c1-19(2)16(22)10-24-9-14-6-7-25-18(14)11-20(12-18)17(23)13-4-3-5-15(21)8-13/h3-5,8,14,21H,6-7,9-12H2,1-2H3/t14-/m1/s1. The molecule has 7 heteroatoms. The van der Waals surface area contributed by atoms with Crippen molar-refractivity contribution in [1.82, 2.24) is 9.80 Å². The van der Waals surface area contributed by atoms with Gasteiger partial charge in [0.25, 0.3) is 5.91 Å². The summed E-state index contributed by atoms with van der Waals surface area (Å²) in [6.07, 6.45) is 0.865. The maximum absolute atomic E-state index is 12.5. The van der Waals surface area contributed by atoms with Crippen molar-refractivity contribution in [3.05, 3.63) is 29.8 Å². The van der Waals surface area contributed by atoms with E-state index in [1.54, 1.807) is 31.1 Å². The minimum atomic E-state index is -0.367. The summed E-state index contributed by atoms with van der Waals surface area (Å²) in [7, 11) is 3.39. The maximum atomic E-state index is 12.5. The molecule has 1 spiro atoms. The molecule has 0 bridgehead atoms. The fraction of sp³-hybridized carbons (Fsp3) is 0.556. The van der Waals surface area contributed by atoms with Crippen molar-refractivity contribution in [3.8, 4) is 5.75 Å². The molecule has 2 aliphatic rings. The number of phenolic OH excluding ortho intramolecular Hbond substituents is 1. The summed E-state index contributed by atoms with van der Waals surface area (Å²) in [6, 6.07) is 6.35. The second-order valence-electron chi connectivity index (χ2n) is 6.91. The van der Waals surface area contributed by atoms with Gasteiger partial charge in [0.15, 0.2) is 0 Å². The number of nitrogens with zero attached hydrogens (tertiary/aromatic N) is 2. The SMILES string of the molecule is CN(C)C(=O)COC[C@H]1CCOC12CN(C(=O)c1cccc(O)c1)C2. The minimum absolute atomic E-state index is 0.0610. The Hall–Kier alpha value is -2.12. The van der Waals surface area contributed by atoms with Crippen molar-refractivity contribution in [2.24, 2.45) is 5.92 Å². The van der Waals surface area contributed by atoms with Crippen molar-refractivity contribution in [3.63, 3.8) is 0 Å². The first-order chi connectivity index (χ1) is 11.9. The highest BCUT2D eigenvalue weighted by Crippen LogP contribution is 2.40. The topological polar surface area (TPSA) is 79.3 Å². The number of likely N-dealkylation sites (tertiary alicyclic amines) is 1. The molecular weight excluding hydrogens is 324 g/mol. The molecule has 0 radical (unpaired) electrons. The fourth-order valence-corrected chi connectivity index (χ4v) is 3.35. The van der Waals surface area contributed by atoms with Crippen LogP contribution in [0.25, 0.3) is 0 Å². The van der Waals surface area contributed by atoms with E-state index in [0.29, 0.717) is 31.9 Å². The molecule has 7 nitrogen and oxygen atoms in total. The number of carbonyl (C=O) groups is 2. The molecule has 3 rings (SSSR count). The molecule has 2 fully saturated rings. The Bertz CT molecular complexity index is 655. The summed E-state index contributed by atoms with van der Waals surface area (Å²) in [5, 5.41) is 9.52. The number of benzene rings is 1. The number of aromatic hydroxyl groups is 1. The largest absolute Gasteiger partial charge is 0.508 e. The molecule has 25 heavy (non-hydrogen) atoms. The molecule has 2 amide bonds. The van der Waals surface area contributed by atoms with Gasteiger partial charge in [0.05, 0.1) is 19.7 Å². The molecule has 2 saturated heterocycles. The molecule has 0 aromatic heterocycles. The van der Waals surface area contributed by atoms with E-state index in [4.69, 9.17) is 9.47 Å². The first-order valence-corrected chi connectivity index (χ1v) is 8.41. The number of amides is 2. The molecule has 136 valence electrons. The van der Waals surface area contributed by atoms with Crippen molar-refractivity contribution in [2.45, 2.75) is 12.0 Å². The van der Waals surface area contributed by atoms with Crippen LogP contribution >= 0.6 is 0 Å². The van der Waals surface area contributed by atoms with Crippen LogP contribution < -0.4 is 0 Å². The monoisotopic (exact) mass is 348 g/mol. The molecule has 2 aliphatic heterocycles. The minimum Gasteiger partial charge on any atom is -0.508 e. The Kier molecular flexibility index (Phi) is 4.96. The first-order valence-electron chi connectivity index (χ1n) is 8.41. The predicted molar refractivity (Wildman–Crippen MR) is 90.3 cm³/mol. The average molecular weight is 348 g/mol. The highest BCUT2D eigenvalue weighted by Gasteiger charge is 2.54. The van der Waals surface area contributed by atoms with Gasteiger partial charge in [-0.25, -0.2) is 0 Å². The van der Waals surface area contributed by atoms with E-state index >= 15 is 0 Å². The smallest absolute Gasteiger partial charge is 0.254 e. The van der Waals surface area contributed by atoms with Gasteiger partial charge >= 0.3 is 0 Å². The summed E-state index contributed by atoms with van der Waals surface area (Å²) in [4.78, 5) is 27.3. The van der Waals surface area contributed by atoms with Crippen LogP contribution in [0.5, 0.6) is 5.75 Å². The van der Waals surface area contributed by atoms with Gasteiger partial charge in [-0.15, -0.1) is 0 Å². The van der Waals surface area contributed by atoms with Gasteiger partial charge in [-0.2, -0.15) is 0 Å². The third-order valence-corrected chi connectivity index (χ3v) is 4.94. The van der Waals surface area contributed by atoms with E-state index in [2.05, 4.69) is 0 Å². The van der Waals surface area contributed by atoms with Gasteiger partial charge in [-0.1, -0.05) is 6.07 Å². The van der Waals surface area contributed by atoms with E-state index in [1.165, 1.54) is 17.0 Å². The fourth-order valence-electron chi connectivity index (χ4n) is 3.35. The van der Waals surface area contributed by atoms with Crippen molar-refractivity contribution < 1.29 is 24.2 Å². The quantitative estimate of drug-likeness (QED) is 0.849. The van der Waals surface area contributed by atoms with Crippen molar-refractivity contribution >= 4 is 11.8 Å². The highest BCUT2D eigenvalue weighted by molar-refractivity contribution is 5.95. The van der Waals surface area contributed by atoms with E-state index in [-0.39, 0.29) is 35.7 Å². The van der Waals surface area contributed by atoms with Gasteiger partial charge in [0.1, 0.15) is 18.0 Å². The summed E-state index contributed by atoms with van der Waals surface area (Å²) in [5.41, 5.74) is 0.102. The van der Waals surface area contributed by atoms with Gasteiger partial charge in [-0.05, 0) is 24.6 Å². The first kappa shape index (κ1) is 17.7. The lowest BCUT2D eigenvalue weighted by Crippen LogP contribution is -2.66. The second-order valence-corrected chi connectivity index (χ2v) is 6.91. The second kappa shape index (κ2) is 7.01. The molecule has 1 N–H and O–H groups in total. The molecule has 1 aromatic carbocycles. The number of rotatable bonds is 5. The Morgan fingerprint density at radius 3 is 2.84 bits per heavy atom. The third kappa shape index (κ3) is 3.62. The number of hydrogen-bond acceptors (Lipinski definition) is 5. The summed E-state index contributed by atoms with van der Waals surface area (Å²) >= 11 is 0. The Balaban J connectivity index is 1.53. The summed E-state index contributed by atoms with van der Waals surface area (Å²) < 4.78 is 11.5. The number of carbonyl (C=O) groups excluding carboxylic acids is 2. The zero-order chi connectivity index (χ0) is 18.0. The van der Waals surface area contributed by atoms with Gasteiger partial charge < -0.3 is 24.4 Å². The zero-order valence-corrected chi connectivity index (χ0v) is 14.6. The lowest BCUT2D eigenvalue weighted by atomic mass is 9.81. The van der Waals surface area contributed by atoms with Crippen LogP contribution in [0.15, 0.2) is 24.3 Å². The normalized spacial score (nSPS) is 21.2. The van der Waals surface area contributed by atoms with Crippen LogP contribution in [-0.4, -0.2) is 79.3 Å². The third-order valence-electron chi connectivity index (χ3n) is 4.94. The van der Waals surface area contributed by atoms with Crippen LogP contribution in [0.2, 0.25) is 0 Å². The van der Waals surface area contributed by atoms with Gasteiger partial charge in [0, 0.05) is 32.2 Å². The molecule has 0 aliphatic carbocycles.